The van der Waals surface area contributed by atoms with E-state index in [4.69, 9.17) is 11.6 Å². The third kappa shape index (κ3) is 5.87. The van der Waals surface area contributed by atoms with Gasteiger partial charge in [0, 0.05) is 10.7 Å². The summed E-state index contributed by atoms with van der Waals surface area (Å²) >= 11 is 5.80. The Hall–Kier alpha value is -1.85. The van der Waals surface area contributed by atoms with E-state index in [1.807, 2.05) is 18.2 Å². The van der Waals surface area contributed by atoms with Gasteiger partial charge in [-0.2, -0.15) is 0 Å². The zero-order valence-electron chi connectivity index (χ0n) is 14.3. The first-order chi connectivity index (χ1) is 11.8. The summed E-state index contributed by atoms with van der Waals surface area (Å²) in [5, 5.41) is 3.28. The van der Waals surface area contributed by atoms with Crippen molar-refractivity contribution < 1.29 is 13.2 Å². The van der Waals surface area contributed by atoms with Crippen LogP contribution in [0.5, 0.6) is 0 Å². The van der Waals surface area contributed by atoms with Gasteiger partial charge in [0.15, 0.2) is 9.84 Å². The lowest BCUT2D eigenvalue weighted by Crippen LogP contribution is -2.24. The highest BCUT2D eigenvalue weighted by molar-refractivity contribution is 7.91. The quantitative estimate of drug-likeness (QED) is 0.775. The van der Waals surface area contributed by atoms with Crippen LogP contribution >= 0.6 is 11.6 Å². The molecule has 0 saturated carbocycles. The summed E-state index contributed by atoms with van der Waals surface area (Å²) in [5.41, 5.74) is 2.29. The van der Waals surface area contributed by atoms with E-state index in [1.165, 1.54) is 0 Å². The normalized spacial score (nSPS) is 12.6. The van der Waals surface area contributed by atoms with Crippen molar-refractivity contribution in [2.45, 2.75) is 31.9 Å². The minimum atomic E-state index is -3.56. The standard InChI is InChI=1S/C19H22ClNO3S/c1-3-14(2)17-6-4-5-7-18(17)21-19(22)13-25(23,24)12-15-8-10-16(20)11-9-15/h4-11,14H,3,12-13H2,1-2H3,(H,21,22). The number of hydrogen-bond acceptors (Lipinski definition) is 3. The van der Waals surface area contributed by atoms with Crippen LogP contribution in [0.1, 0.15) is 37.3 Å². The van der Waals surface area contributed by atoms with Crippen LogP contribution < -0.4 is 5.32 Å². The van der Waals surface area contributed by atoms with Crippen molar-refractivity contribution in [1.29, 1.82) is 0 Å². The van der Waals surface area contributed by atoms with E-state index >= 15 is 0 Å². The summed E-state index contributed by atoms with van der Waals surface area (Å²) in [7, 11) is -3.56. The first-order valence-corrected chi connectivity index (χ1v) is 10.3. The van der Waals surface area contributed by atoms with Gasteiger partial charge in [-0.15, -0.1) is 0 Å². The Morgan fingerprint density at radius 3 is 2.40 bits per heavy atom. The molecule has 4 nitrogen and oxygen atoms in total. The number of carbonyl (C=O) groups is 1. The number of hydrogen-bond donors (Lipinski definition) is 1. The largest absolute Gasteiger partial charge is 0.325 e. The minimum Gasteiger partial charge on any atom is -0.325 e. The molecule has 1 atom stereocenters. The highest BCUT2D eigenvalue weighted by atomic mass is 35.5. The number of nitrogens with one attached hydrogen (secondary N) is 1. The lowest BCUT2D eigenvalue weighted by molar-refractivity contribution is -0.113. The topological polar surface area (TPSA) is 63.2 Å². The number of rotatable bonds is 7. The second-order valence-corrected chi connectivity index (χ2v) is 8.60. The summed E-state index contributed by atoms with van der Waals surface area (Å²) in [6.07, 6.45) is 0.932. The molecule has 0 bridgehead atoms. The first kappa shape index (κ1) is 19.5. The predicted octanol–water partition coefficient (Wildman–Crippen LogP) is 4.41. The van der Waals surface area contributed by atoms with Crippen LogP contribution in [0, 0.1) is 0 Å². The molecule has 2 rings (SSSR count). The Morgan fingerprint density at radius 1 is 1.12 bits per heavy atom. The van der Waals surface area contributed by atoms with E-state index in [0.717, 1.165) is 12.0 Å². The number of benzene rings is 2. The van der Waals surface area contributed by atoms with Crippen molar-refractivity contribution in [3.05, 3.63) is 64.7 Å². The molecule has 0 aliphatic rings. The fourth-order valence-electron chi connectivity index (χ4n) is 2.53. The molecule has 25 heavy (non-hydrogen) atoms. The Bertz CT molecular complexity index is 832. The minimum absolute atomic E-state index is 0.190. The molecule has 1 unspecified atom stereocenters. The molecule has 0 aliphatic heterocycles. The third-order valence-electron chi connectivity index (χ3n) is 4.03. The molecule has 0 aromatic heterocycles. The number of anilines is 1. The molecule has 0 saturated heterocycles. The molecule has 1 amide bonds. The smallest absolute Gasteiger partial charge is 0.239 e. The summed E-state index contributed by atoms with van der Waals surface area (Å²) in [6.45, 7) is 4.14. The van der Waals surface area contributed by atoms with Crippen molar-refractivity contribution in [1.82, 2.24) is 0 Å². The Labute approximate surface area is 154 Å². The summed E-state index contributed by atoms with van der Waals surface area (Å²) < 4.78 is 24.5. The summed E-state index contributed by atoms with van der Waals surface area (Å²) in [5.74, 6) is -0.985. The van der Waals surface area contributed by atoms with Crippen molar-refractivity contribution in [3.8, 4) is 0 Å². The lowest BCUT2D eigenvalue weighted by atomic mass is 9.97. The van der Waals surface area contributed by atoms with Gasteiger partial charge in [-0.3, -0.25) is 4.79 Å². The molecule has 0 heterocycles. The Morgan fingerprint density at radius 2 is 1.76 bits per heavy atom. The molecule has 0 radical (unpaired) electrons. The molecule has 0 spiro atoms. The molecule has 2 aromatic rings. The maximum Gasteiger partial charge on any atom is 0.239 e. The summed E-state index contributed by atoms with van der Waals surface area (Å²) in [4.78, 5) is 12.2. The number of para-hydroxylation sites is 1. The summed E-state index contributed by atoms with van der Waals surface area (Å²) in [6, 6.07) is 14.0. The zero-order valence-corrected chi connectivity index (χ0v) is 15.9. The molecule has 0 fully saturated rings. The van der Waals surface area contributed by atoms with Crippen LogP contribution in [0.2, 0.25) is 5.02 Å². The van der Waals surface area contributed by atoms with Crippen molar-refractivity contribution >= 4 is 33.0 Å². The van der Waals surface area contributed by atoms with Gasteiger partial charge in [-0.05, 0) is 41.7 Å². The second-order valence-electron chi connectivity index (χ2n) is 6.10. The number of halogens is 1. The average Bonchev–Trinajstić information content (AvgIpc) is 2.56. The zero-order chi connectivity index (χ0) is 18.4. The van der Waals surface area contributed by atoms with Gasteiger partial charge in [-0.25, -0.2) is 8.42 Å². The van der Waals surface area contributed by atoms with E-state index < -0.39 is 21.5 Å². The highest BCUT2D eigenvalue weighted by Crippen LogP contribution is 2.26. The fourth-order valence-corrected chi connectivity index (χ4v) is 3.93. The van der Waals surface area contributed by atoms with E-state index in [2.05, 4.69) is 19.2 Å². The van der Waals surface area contributed by atoms with Crippen molar-refractivity contribution in [3.63, 3.8) is 0 Å². The van der Waals surface area contributed by atoms with E-state index in [0.29, 0.717) is 16.3 Å². The van der Waals surface area contributed by atoms with Crippen molar-refractivity contribution in [2.75, 3.05) is 11.1 Å². The van der Waals surface area contributed by atoms with Crippen LogP contribution in [0.25, 0.3) is 0 Å². The number of amides is 1. The number of carbonyl (C=O) groups excluding carboxylic acids is 1. The molecule has 6 heteroatoms. The number of sulfone groups is 1. The molecule has 2 aromatic carbocycles. The van der Waals surface area contributed by atoms with Gasteiger partial charge >= 0.3 is 0 Å². The Balaban J connectivity index is 2.05. The molecule has 0 aliphatic carbocycles. The average molecular weight is 380 g/mol. The Kier molecular flexibility index (Phi) is 6.62. The van der Waals surface area contributed by atoms with E-state index in [9.17, 15) is 13.2 Å². The molecule has 1 N–H and O–H groups in total. The third-order valence-corrected chi connectivity index (χ3v) is 5.76. The maximum atomic E-state index is 12.3. The van der Waals surface area contributed by atoms with Gasteiger partial charge in [0.25, 0.3) is 0 Å². The van der Waals surface area contributed by atoms with Gasteiger partial charge in [-0.1, -0.05) is 55.8 Å². The van der Waals surface area contributed by atoms with Gasteiger partial charge in [0.1, 0.15) is 5.75 Å². The SMILES string of the molecule is CCC(C)c1ccccc1NC(=O)CS(=O)(=O)Cc1ccc(Cl)cc1. The van der Waals surface area contributed by atoms with E-state index in [1.54, 1.807) is 30.3 Å². The van der Waals surface area contributed by atoms with Gasteiger partial charge in [0.2, 0.25) is 5.91 Å². The maximum absolute atomic E-state index is 12.3. The van der Waals surface area contributed by atoms with Gasteiger partial charge in [0.05, 0.1) is 5.75 Å². The molecule has 134 valence electrons. The van der Waals surface area contributed by atoms with Crippen molar-refractivity contribution in [2.24, 2.45) is 0 Å². The second kappa shape index (κ2) is 8.50. The molecular formula is C19H22ClNO3S. The van der Waals surface area contributed by atoms with Crippen LogP contribution in [0.3, 0.4) is 0 Å². The van der Waals surface area contributed by atoms with E-state index in [-0.39, 0.29) is 11.7 Å². The monoisotopic (exact) mass is 379 g/mol. The van der Waals surface area contributed by atoms with Crippen LogP contribution in [-0.2, 0) is 20.4 Å². The van der Waals surface area contributed by atoms with Crippen LogP contribution in [0.15, 0.2) is 48.5 Å². The fraction of sp³-hybridized carbons (Fsp3) is 0.316. The van der Waals surface area contributed by atoms with Gasteiger partial charge < -0.3 is 5.32 Å². The first-order valence-electron chi connectivity index (χ1n) is 8.14. The highest BCUT2D eigenvalue weighted by Gasteiger charge is 2.19. The lowest BCUT2D eigenvalue weighted by Gasteiger charge is -2.15. The van der Waals surface area contributed by atoms with Crippen LogP contribution in [-0.4, -0.2) is 20.1 Å². The van der Waals surface area contributed by atoms with Crippen LogP contribution in [0.4, 0.5) is 5.69 Å². The predicted molar refractivity (Wildman–Crippen MR) is 103 cm³/mol. The molecular weight excluding hydrogens is 358 g/mol.